The molecule has 194 valence electrons. The summed E-state index contributed by atoms with van der Waals surface area (Å²) in [6.07, 6.45) is 1.29. The number of ether oxygens (including phenoxy) is 4. The van der Waals surface area contributed by atoms with Crippen molar-refractivity contribution in [1.82, 2.24) is 9.97 Å². The van der Waals surface area contributed by atoms with Gasteiger partial charge in [-0.15, -0.1) is 0 Å². The molecule has 0 aliphatic heterocycles. The summed E-state index contributed by atoms with van der Waals surface area (Å²) in [7, 11) is 1.60. The minimum absolute atomic E-state index is 0.222. The van der Waals surface area contributed by atoms with Crippen LogP contribution in [-0.2, 0) is 25.5 Å². The zero-order chi connectivity index (χ0) is 26.1. The highest BCUT2D eigenvalue weighted by molar-refractivity contribution is 5.82. The van der Waals surface area contributed by atoms with Crippen LogP contribution in [0, 0.1) is 0 Å². The Hall–Kier alpha value is -3.75. The second-order valence-corrected chi connectivity index (χ2v) is 9.30. The first kappa shape index (κ1) is 26.8. The molecule has 0 aliphatic rings. The van der Waals surface area contributed by atoms with Gasteiger partial charge in [-0.2, -0.15) is 0 Å². The molecule has 9 nitrogen and oxygen atoms in total. The summed E-state index contributed by atoms with van der Waals surface area (Å²) in [6, 6.07) is 12.4. The lowest BCUT2D eigenvalue weighted by Gasteiger charge is -2.24. The average molecular weight is 498 g/mol. The van der Waals surface area contributed by atoms with Gasteiger partial charge in [-0.25, -0.2) is 9.78 Å². The highest BCUT2D eigenvalue weighted by Gasteiger charge is 2.26. The normalized spacial score (nSPS) is 12.1. The molecule has 2 aromatic carbocycles. The number of methoxy groups -OCH3 is 1. The van der Waals surface area contributed by atoms with E-state index in [9.17, 15) is 9.59 Å². The van der Waals surface area contributed by atoms with Gasteiger partial charge >= 0.3 is 11.9 Å². The first-order valence-corrected chi connectivity index (χ1v) is 12.1. The monoisotopic (exact) mass is 497 g/mol. The number of esters is 2. The summed E-state index contributed by atoms with van der Waals surface area (Å²) >= 11 is 0. The lowest BCUT2D eigenvalue weighted by molar-refractivity contribution is -0.155. The van der Waals surface area contributed by atoms with E-state index in [0.717, 1.165) is 16.6 Å². The van der Waals surface area contributed by atoms with Crippen molar-refractivity contribution in [3.63, 3.8) is 0 Å². The van der Waals surface area contributed by atoms with Gasteiger partial charge in [-0.3, -0.25) is 4.79 Å². The highest BCUT2D eigenvalue weighted by atomic mass is 16.6. The summed E-state index contributed by atoms with van der Waals surface area (Å²) in [5.74, 6) is 1.26. The lowest BCUT2D eigenvalue weighted by Crippen LogP contribution is -2.38. The van der Waals surface area contributed by atoms with E-state index in [1.54, 1.807) is 14.0 Å². The Labute approximate surface area is 211 Å². The smallest absolute Gasteiger partial charge is 0.329 e. The van der Waals surface area contributed by atoms with Gasteiger partial charge in [0.2, 0.25) is 5.95 Å². The maximum absolute atomic E-state index is 13.0. The van der Waals surface area contributed by atoms with E-state index in [0.29, 0.717) is 49.9 Å². The lowest BCUT2D eigenvalue weighted by atomic mass is 10.1. The molecule has 1 aromatic heterocycles. The van der Waals surface area contributed by atoms with Crippen molar-refractivity contribution in [3.8, 4) is 11.5 Å². The van der Waals surface area contributed by atoms with Crippen molar-refractivity contribution < 1.29 is 28.5 Å². The first-order valence-electron chi connectivity index (χ1n) is 12.1. The Morgan fingerprint density at radius 2 is 1.81 bits per heavy atom. The maximum atomic E-state index is 13.0. The number of aromatic amines is 1. The number of imidazole rings is 1. The van der Waals surface area contributed by atoms with Crippen LogP contribution < -0.4 is 14.8 Å². The van der Waals surface area contributed by atoms with E-state index in [1.807, 2.05) is 63.2 Å². The van der Waals surface area contributed by atoms with Crippen molar-refractivity contribution in [2.24, 2.45) is 0 Å². The van der Waals surface area contributed by atoms with E-state index < -0.39 is 11.6 Å². The fraction of sp³-hybridized carbons (Fsp3) is 0.444. The molecule has 3 aromatic rings. The van der Waals surface area contributed by atoms with Crippen LogP contribution in [0.25, 0.3) is 11.0 Å². The second kappa shape index (κ2) is 12.3. The van der Waals surface area contributed by atoms with Crippen molar-refractivity contribution in [2.75, 3.05) is 25.6 Å². The summed E-state index contributed by atoms with van der Waals surface area (Å²) in [4.78, 5) is 32.2. The van der Waals surface area contributed by atoms with Gasteiger partial charge in [0, 0.05) is 18.9 Å². The number of fused-ring (bicyclic) bond motifs is 1. The van der Waals surface area contributed by atoms with Crippen molar-refractivity contribution in [2.45, 2.75) is 58.6 Å². The second-order valence-electron chi connectivity index (χ2n) is 9.30. The Balaban J connectivity index is 1.66. The molecule has 0 unspecified atom stereocenters. The Kier molecular flexibility index (Phi) is 9.16. The number of aromatic nitrogens is 2. The van der Waals surface area contributed by atoms with Gasteiger partial charge in [0.05, 0.1) is 31.4 Å². The predicted octanol–water partition coefficient (Wildman–Crippen LogP) is 4.66. The van der Waals surface area contributed by atoms with Gasteiger partial charge in [-0.1, -0.05) is 12.1 Å². The molecule has 1 atom stereocenters. The van der Waals surface area contributed by atoms with Gasteiger partial charge in [0.25, 0.3) is 0 Å². The largest absolute Gasteiger partial charge is 0.497 e. The SMILES string of the molecule is CCOC(=O)CCCOc1ccc(C[C@H](Nc2nc3cc(OC)ccc3[nH]2)C(=O)OC(C)(C)C)cc1. The van der Waals surface area contributed by atoms with E-state index in [4.69, 9.17) is 18.9 Å². The summed E-state index contributed by atoms with van der Waals surface area (Å²) in [6.45, 7) is 8.09. The number of hydrogen-bond donors (Lipinski definition) is 2. The summed E-state index contributed by atoms with van der Waals surface area (Å²) in [5, 5.41) is 3.20. The van der Waals surface area contributed by atoms with Crippen LogP contribution >= 0.6 is 0 Å². The van der Waals surface area contributed by atoms with Gasteiger partial charge in [-0.05, 0) is 63.9 Å². The van der Waals surface area contributed by atoms with Crippen LogP contribution in [-0.4, -0.2) is 53.9 Å². The number of H-pyrrole nitrogens is 1. The molecule has 2 N–H and O–H groups in total. The average Bonchev–Trinajstić information content (AvgIpc) is 3.23. The molecule has 0 amide bonds. The van der Waals surface area contributed by atoms with Crippen molar-refractivity contribution >= 4 is 28.9 Å². The predicted molar refractivity (Wildman–Crippen MR) is 137 cm³/mol. The summed E-state index contributed by atoms with van der Waals surface area (Å²) in [5.41, 5.74) is 1.85. The molecule has 36 heavy (non-hydrogen) atoms. The fourth-order valence-electron chi connectivity index (χ4n) is 3.51. The molecular weight excluding hydrogens is 462 g/mol. The van der Waals surface area contributed by atoms with Crippen LogP contribution in [0.2, 0.25) is 0 Å². The van der Waals surface area contributed by atoms with Gasteiger partial charge in [0.15, 0.2) is 0 Å². The van der Waals surface area contributed by atoms with Crippen LogP contribution in [0.3, 0.4) is 0 Å². The van der Waals surface area contributed by atoms with Crippen LogP contribution in [0.4, 0.5) is 5.95 Å². The Bertz CT molecular complexity index is 1150. The van der Waals surface area contributed by atoms with Crippen LogP contribution in [0.15, 0.2) is 42.5 Å². The van der Waals surface area contributed by atoms with Gasteiger partial charge in [0.1, 0.15) is 23.1 Å². The van der Waals surface area contributed by atoms with Gasteiger partial charge < -0.3 is 29.2 Å². The molecule has 3 rings (SSSR count). The molecule has 1 heterocycles. The quantitative estimate of drug-likeness (QED) is 0.275. The zero-order valence-corrected chi connectivity index (χ0v) is 21.6. The number of hydrogen-bond acceptors (Lipinski definition) is 8. The number of carbonyl (C=O) groups is 2. The number of rotatable bonds is 12. The topological polar surface area (TPSA) is 112 Å². The van der Waals surface area contributed by atoms with Crippen LogP contribution in [0.1, 0.15) is 46.1 Å². The van der Waals surface area contributed by atoms with E-state index in [-0.39, 0.29) is 11.9 Å². The molecule has 0 saturated heterocycles. The van der Waals surface area contributed by atoms with Crippen LogP contribution in [0.5, 0.6) is 11.5 Å². The van der Waals surface area contributed by atoms with E-state index in [2.05, 4.69) is 15.3 Å². The number of benzene rings is 2. The number of nitrogens with zero attached hydrogens (tertiary/aromatic N) is 1. The molecule has 0 fully saturated rings. The van der Waals surface area contributed by atoms with Crippen molar-refractivity contribution in [3.05, 3.63) is 48.0 Å². The Morgan fingerprint density at radius 1 is 1.08 bits per heavy atom. The fourth-order valence-corrected chi connectivity index (χ4v) is 3.51. The first-order chi connectivity index (χ1) is 17.2. The number of anilines is 1. The highest BCUT2D eigenvalue weighted by Crippen LogP contribution is 2.22. The van der Waals surface area contributed by atoms with E-state index in [1.165, 1.54) is 0 Å². The molecular formula is C27H35N3O6. The third-order valence-electron chi connectivity index (χ3n) is 5.15. The Morgan fingerprint density at radius 3 is 2.47 bits per heavy atom. The molecule has 0 spiro atoms. The zero-order valence-electron chi connectivity index (χ0n) is 21.6. The third kappa shape index (κ3) is 8.18. The molecule has 9 heteroatoms. The van der Waals surface area contributed by atoms with E-state index >= 15 is 0 Å². The summed E-state index contributed by atoms with van der Waals surface area (Å²) < 4.78 is 21.6. The molecule has 0 aliphatic carbocycles. The standard InChI is InChI=1S/C27H35N3O6/c1-6-34-24(31)8-7-15-35-19-11-9-18(10-12-19)16-23(25(32)36-27(2,3)4)30-26-28-21-14-13-20(33-5)17-22(21)29-26/h9-14,17,23H,6-8,15-16H2,1-5H3,(H2,28,29,30)/t23-/m0/s1. The third-order valence-corrected chi connectivity index (χ3v) is 5.15. The maximum Gasteiger partial charge on any atom is 0.329 e. The molecule has 0 bridgehead atoms. The van der Waals surface area contributed by atoms with Crippen molar-refractivity contribution in [1.29, 1.82) is 0 Å². The number of carbonyl (C=O) groups excluding carboxylic acids is 2. The minimum Gasteiger partial charge on any atom is -0.497 e. The number of nitrogens with one attached hydrogen (secondary N) is 2. The minimum atomic E-state index is -0.664. The molecule has 0 saturated carbocycles. The molecule has 0 radical (unpaired) electrons.